The SMILES string of the molecule is CC1(C)CC(=O)C(=C(O)c2cn(Cc3ccc(C(F)(F)F)nc3)nc2C(F)(F)F)C(=O)C1. The molecule has 0 radical (unpaired) electrons. The number of aliphatic hydroxyl groups excluding tert-OH is 1. The fourth-order valence-corrected chi connectivity index (χ4v) is 3.42. The van der Waals surface area contributed by atoms with Crippen LogP contribution < -0.4 is 0 Å². The summed E-state index contributed by atoms with van der Waals surface area (Å²) in [4.78, 5) is 27.9. The Morgan fingerprint density at radius 2 is 1.66 bits per heavy atom. The summed E-state index contributed by atoms with van der Waals surface area (Å²) in [6.07, 6.45) is -8.36. The number of hydrogen-bond donors (Lipinski definition) is 1. The summed E-state index contributed by atoms with van der Waals surface area (Å²) in [6.45, 7) is 2.90. The van der Waals surface area contributed by atoms with Crippen molar-refractivity contribution >= 4 is 17.3 Å². The number of hydrogen-bond acceptors (Lipinski definition) is 5. The molecule has 32 heavy (non-hydrogen) atoms. The van der Waals surface area contributed by atoms with E-state index in [1.807, 2.05) is 0 Å². The maximum Gasteiger partial charge on any atom is 0.435 e. The number of aromatic nitrogens is 3. The Balaban J connectivity index is 2.01. The molecule has 0 unspecified atom stereocenters. The molecule has 1 N–H and O–H groups in total. The van der Waals surface area contributed by atoms with Crippen LogP contribution in [0.2, 0.25) is 0 Å². The average Bonchev–Trinajstić information content (AvgIpc) is 3.04. The number of nitrogens with zero attached hydrogens (tertiary/aromatic N) is 3. The molecule has 172 valence electrons. The van der Waals surface area contributed by atoms with Crippen LogP contribution in [0.15, 0.2) is 30.1 Å². The molecule has 3 rings (SSSR count). The van der Waals surface area contributed by atoms with Crippen LogP contribution in [-0.2, 0) is 28.5 Å². The normalized spacial score (nSPS) is 17.1. The van der Waals surface area contributed by atoms with E-state index in [2.05, 4.69) is 10.1 Å². The van der Waals surface area contributed by atoms with E-state index in [0.717, 1.165) is 23.1 Å². The highest BCUT2D eigenvalue weighted by molar-refractivity contribution is 6.26. The molecule has 1 fully saturated rings. The van der Waals surface area contributed by atoms with E-state index in [9.17, 15) is 41.0 Å². The van der Waals surface area contributed by atoms with Gasteiger partial charge in [-0.25, -0.2) is 0 Å². The maximum absolute atomic E-state index is 13.5. The molecule has 12 heteroatoms. The monoisotopic (exact) mass is 461 g/mol. The number of pyridine rings is 1. The van der Waals surface area contributed by atoms with Crippen LogP contribution in [0.5, 0.6) is 0 Å². The van der Waals surface area contributed by atoms with Crippen molar-refractivity contribution in [1.82, 2.24) is 14.8 Å². The van der Waals surface area contributed by atoms with Crippen molar-refractivity contribution in [3.05, 3.63) is 52.6 Å². The Morgan fingerprint density at radius 1 is 1.06 bits per heavy atom. The number of allylic oxidation sites excluding steroid dienone is 1. The van der Waals surface area contributed by atoms with Crippen molar-refractivity contribution in [3.63, 3.8) is 0 Å². The zero-order chi connectivity index (χ0) is 24.1. The fourth-order valence-electron chi connectivity index (χ4n) is 3.42. The molecule has 0 saturated heterocycles. The van der Waals surface area contributed by atoms with Gasteiger partial charge < -0.3 is 5.11 Å². The van der Waals surface area contributed by atoms with Gasteiger partial charge in [-0.1, -0.05) is 19.9 Å². The van der Waals surface area contributed by atoms with Crippen molar-refractivity contribution in [2.45, 2.75) is 45.6 Å². The number of carbonyl (C=O) groups is 2. The van der Waals surface area contributed by atoms with Crippen molar-refractivity contribution < 1.29 is 41.0 Å². The second-order valence-corrected chi connectivity index (χ2v) is 8.22. The molecule has 1 aliphatic carbocycles. The molecule has 1 aliphatic rings. The first-order valence-corrected chi connectivity index (χ1v) is 9.25. The van der Waals surface area contributed by atoms with Crippen LogP contribution in [0.4, 0.5) is 26.3 Å². The molecule has 0 aromatic carbocycles. The second kappa shape index (κ2) is 7.75. The van der Waals surface area contributed by atoms with E-state index < -0.39 is 64.2 Å². The molecule has 6 nitrogen and oxygen atoms in total. The van der Waals surface area contributed by atoms with Crippen molar-refractivity contribution in [3.8, 4) is 0 Å². The minimum absolute atomic E-state index is 0.111. The molecule has 2 heterocycles. The van der Waals surface area contributed by atoms with Crippen LogP contribution in [0.3, 0.4) is 0 Å². The summed E-state index contributed by atoms with van der Waals surface area (Å²) in [7, 11) is 0. The third-order valence-corrected chi connectivity index (χ3v) is 4.82. The van der Waals surface area contributed by atoms with Gasteiger partial charge in [0.15, 0.2) is 17.3 Å². The van der Waals surface area contributed by atoms with E-state index in [-0.39, 0.29) is 18.4 Å². The topological polar surface area (TPSA) is 85.1 Å². The Hall–Kier alpha value is -3.18. The van der Waals surface area contributed by atoms with Gasteiger partial charge in [0.2, 0.25) is 0 Å². The predicted octanol–water partition coefficient (Wildman–Crippen LogP) is 4.59. The Bertz CT molecular complexity index is 1070. The van der Waals surface area contributed by atoms with Gasteiger partial charge in [-0.3, -0.25) is 19.3 Å². The summed E-state index contributed by atoms with van der Waals surface area (Å²) in [5.74, 6) is -2.69. The summed E-state index contributed by atoms with van der Waals surface area (Å²) in [5, 5.41) is 13.8. The lowest BCUT2D eigenvalue weighted by Crippen LogP contribution is -2.32. The molecule has 0 atom stereocenters. The molecular formula is C20H17F6N3O3. The van der Waals surface area contributed by atoms with Gasteiger partial charge in [-0.05, 0) is 17.0 Å². The van der Waals surface area contributed by atoms with Gasteiger partial charge in [0, 0.05) is 25.2 Å². The Kier molecular flexibility index (Phi) is 5.69. The first-order valence-electron chi connectivity index (χ1n) is 9.25. The van der Waals surface area contributed by atoms with Crippen LogP contribution in [0.1, 0.15) is 49.2 Å². The third kappa shape index (κ3) is 4.83. The summed E-state index contributed by atoms with van der Waals surface area (Å²) < 4.78 is 79.1. The zero-order valence-corrected chi connectivity index (χ0v) is 16.8. The minimum Gasteiger partial charge on any atom is -0.506 e. The van der Waals surface area contributed by atoms with Crippen molar-refractivity contribution in [2.75, 3.05) is 0 Å². The second-order valence-electron chi connectivity index (χ2n) is 8.22. The summed E-state index contributed by atoms with van der Waals surface area (Å²) in [6, 6.07) is 1.70. The number of aliphatic hydroxyl groups is 1. The van der Waals surface area contributed by atoms with Crippen LogP contribution in [0.25, 0.3) is 5.76 Å². The van der Waals surface area contributed by atoms with Crippen molar-refractivity contribution in [2.24, 2.45) is 5.41 Å². The van der Waals surface area contributed by atoms with E-state index >= 15 is 0 Å². The average molecular weight is 461 g/mol. The summed E-state index contributed by atoms with van der Waals surface area (Å²) in [5.41, 5.74) is -4.87. The minimum atomic E-state index is -5.03. The molecule has 2 aromatic rings. The fraction of sp³-hybridized carbons (Fsp3) is 0.400. The molecular weight excluding hydrogens is 444 g/mol. The number of carbonyl (C=O) groups excluding carboxylic acids is 2. The highest BCUT2D eigenvalue weighted by atomic mass is 19.4. The Morgan fingerprint density at radius 3 is 2.12 bits per heavy atom. The molecule has 0 bridgehead atoms. The molecule has 2 aromatic heterocycles. The van der Waals surface area contributed by atoms with Gasteiger partial charge in [0.25, 0.3) is 0 Å². The van der Waals surface area contributed by atoms with Gasteiger partial charge in [-0.15, -0.1) is 0 Å². The molecule has 0 spiro atoms. The van der Waals surface area contributed by atoms with Gasteiger partial charge in [-0.2, -0.15) is 31.4 Å². The maximum atomic E-state index is 13.5. The molecule has 0 aliphatic heterocycles. The lowest BCUT2D eigenvalue weighted by atomic mass is 9.73. The third-order valence-electron chi connectivity index (χ3n) is 4.82. The van der Waals surface area contributed by atoms with Gasteiger partial charge >= 0.3 is 12.4 Å². The first kappa shape index (κ1) is 23.5. The quantitative estimate of drug-likeness (QED) is 0.313. The van der Waals surface area contributed by atoms with Crippen LogP contribution >= 0.6 is 0 Å². The smallest absolute Gasteiger partial charge is 0.435 e. The number of Topliss-reactive ketones (excluding diaryl/α,β-unsaturated/α-hetero) is 2. The lowest BCUT2D eigenvalue weighted by molar-refractivity contribution is -0.142. The lowest BCUT2D eigenvalue weighted by Gasteiger charge is -2.28. The zero-order valence-electron chi connectivity index (χ0n) is 16.8. The van der Waals surface area contributed by atoms with E-state index in [4.69, 9.17) is 0 Å². The van der Waals surface area contributed by atoms with Crippen molar-refractivity contribution in [1.29, 1.82) is 0 Å². The predicted molar refractivity (Wildman–Crippen MR) is 98.1 cm³/mol. The number of rotatable bonds is 3. The van der Waals surface area contributed by atoms with Gasteiger partial charge in [0.05, 0.1) is 12.1 Å². The highest BCUT2D eigenvalue weighted by Gasteiger charge is 2.42. The number of alkyl halides is 6. The van der Waals surface area contributed by atoms with E-state index in [0.29, 0.717) is 6.07 Å². The van der Waals surface area contributed by atoms with Gasteiger partial charge in [0.1, 0.15) is 17.0 Å². The Labute approximate surface area is 177 Å². The standard InChI is InChI=1S/C20H17F6N3O3/c1-18(2)5-12(30)15(13(31)6-18)16(32)11-9-29(28-17(11)20(24,25)26)8-10-3-4-14(27-7-10)19(21,22)23/h3-4,7,9,32H,5-6,8H2,1-2H3. The molecule has 1 saturated carbocycles. The highest BCUT2D eigenvalue weighted by Crippen LogP contribution is 2.39. The van der Waals surface area contributed by atoms with E-state index in [1.54, 1.807) is 13.8 Å². The number of ketones is 2. The number of halogens is 6. The first-order chi connectivity index (χ1) is 14.6. The van der Waals surface area contributed by atoms with Crippen LogP contribution in [-0.4, -0.2) is 31.4 Å². The van der Waals surface area contributed by atoms with E-state index in [1.165, 1.54) is 0 Å². The van der Waals surface area contributed by atoms with Crippen LogP contribution in [0, 0.1) is 5.41 Å². The summed E-state index contributed by atoms with van der Waals surface area (Å²) >= 11 is 0. The molecule has 0 amide bonds. The largest absolute Gasteiger partial charge is 0.506 e.